The van der Waals surface area contributed by atoms with E-state index in [2.05, 4.69) is 109 Å². The van der Waals surface area contributed by atoms with Gasteiger partial charge in [0.15, 0.2) is 0 Å². The maximum atomic E-state index is 2.99. The van der Waals surface area contributed by atoms with Crippen LogP contribution in [0.5, 0.6) is 0 Å². The fourth-order valence-electron chi connectivity index (χ4n) is 6.11. The van der Waals surface area contributed by atoms with Gasteiger partial charge in [-0.2, -0.15) is 0 Å². The van der Waals surface area contributed by atoms with E-state index in [9.17, 15) is 0 Å². The molecule has 0 aromatic rings. The molecule has 0 spiro atoms. The third-order valence-corrected chi connectivity index (χ3v) is 6.49. The molecule has 2 unspecified atom stereocenters. The van der Waals surface area contributed by atoms with Crippen LogP contribution in [0.25, 0.3) is 0 Å². The Morgan fingerprint density at radius 1 is 0.630 bits per heavy atom. The standard InChI is InChI=1S/C26H55N/c1-16-24(11,12)21(20(3)4)27(25(13,14)18-22(5,6)7)26(15,17-2)19-23(8,9)10/h20-21H,16-19H2,1-15H3. The van der Waals surface area contributed by atoms with Crippen molar-refractivity contribution in [3.05, 3.63) is 0 Å². The molecular weight excluding hydrogens is 326 g/mol. The summed E-state index contributed by atoms with van der Waals surface area (Å²) in [5, 5.41) is 0. The lowest BCUT2D eigenvalue weighted by Crippen LogP contribution is -2.66. The molecule has 0 aliphatic heterocycles. The first-order valence-electron chi connectivity index (χ1n) is 11.5. The molecule has 0 radical (unpaired) electrons. The molecule has 1 nitrogen and oxygen atoms in total. The third kappa shape index (κ3) is 7.71. The second-order valence-electron chi connectivity index (χ2n) is 13.5. The van der Waals surface area contributed by atoms with Crippen LogP contribution in [0.2, 0.25) is 0 Å². The van der Waals surface area contributed by atoms with Crippen LogP contribution < -0.4 is 0 Å². The minimum absolute atomic E-state index is 0.148. The predicted octanol–water partition coefficient (Wildman–Crippen LogP) is 8.57. The summed E-state index contributed by atoms with van der Waals surface area (Å²) in [6.45, 7) is 36.6. The first-order valence-corrected chi connectivity index (χ1v) is 11.5. The average molecular weight is 382 g/mol. The smallest absolute Gasteiger partial charge is 0.0192 e. The van der Waals surface area contributed by atoms with Gasteiger partial charge in [0.05, 0.1) is 0 Å². The summed E-state index contributed by atoms with van der Waals surface area (Å²) in [5.74, 6) is 0.630. The van der Waals surface area contributed by atoms with Crippen LogP contribution in [0.1, 0.15) is 130 Å². The zero-order valence-electron chi connectivity index (χ0n) is 21.9. The highest BCUT2D eigenvalue weighted by Crippen LogP contribution is 2.48. The predicted molar refractivity (Wildman–Crippen MR) is 125 cm³/mol. The van der Waals surface area contributed by atoms with Crippen LogP contribution in [0.15, 0.2) is 0 Å². The van der Waals surface area contributed by atoms with Gasteiger partial charge in [0.1, 0.15) is 0 Å². The lowest BCUT2D eigenvalue weighted by Gasteiger charge is -2.61. The van der Waals surface area contributed by atoms with E-state index in [4.69, 9.17) is 0 Å². The van der Waals surface area contributed by atoms with Crippen molar-refractivity contribution in [1.29, 1.82) is 0 Å². The van der Waals surface area contributed by atoms with Gasteiger partial charge in [0.2, 0.25) is 0 Å². The van der Waals surface area contributed by atoms with Crippen molar-refractivity contribution in [1.82, 2.24) is 4.90 Å². The summed E-state index contributed by atoms with van der Waals surface area (Å²) < 4.78 is 0. The van der Waals surface area contributed by atoms with E-state index in [0.717, 1.165) is 0 Å². The lowest BCUT2D eigenvalue weighted by molar-refractivity contribution is -0.116. The molecule has 27 heavy (non-hydrogen) atoms. The van der Waals surface area contributed by atoms with Gasteiger partial charge >= 0.3 is 0 Å². The van der Waals surface area contributed by atoms with Crippen molar-refractivity contribution in [3.8, 4) is 0 Å². The lowest BCUT2D eigenvalue weighted by atomic mass is 9.67. The van der Waals surface area contributed by atoms with Gasteiger partial charge in [0.25, 0.3) is 0 Å². The van der Waals surface area contributed by atoms with Crippen LogP contribution in [-0.4, -0.2) is 22.0 Å². The van der Waals surface area contributed by atoms with Crippen LogP contribution >= 0.6 is 0 Å². The Bertz CT molecular complexity index is 444. The molecule has 0 saturated carbocycles. The number of hydrogen-bond acceptors (Lipinski definition) is 1. The van der Waals surface area contributed by atoms with Crippen LogP contribution in [-0.2, 0) is 0 Å². The van der Waals surface area contributed by atoms with Crippen molar-refractivity contribution in [2.45, 2.75) is 147 Å². The van der Waals surface area contributed by atoms with E-state index in [-0.39, 0.29) is 16.5 Å². The highest BCUT2D eigenvalue weighted by molar-refractivity contribution is 5.04. The van der Waals surface area contributed by atoms with E-state index >= 15 is 0 Å². The van der Waals surface area contributed by atoms with Crippen LogP contribution in [0.4, 0.5) is 0 Å². The fourth-order valence-corrected chi connectivity index (χ4v) is 6.11. The number of hydrogen-bond donors (Lipinski definition) is 0. The first kappa shape index (κ1) is 27.0. The highest BCUT2D eigenvalue weighted by Gasteiger charge is 2.50. The van der Waals surface area contributed by atoms with E-state index in [1.807, 2.05) is 0 Å². The van der Waals surface area contributed by atoms with Gasteiger partial charge < -0.3 is 0 Å². The molecule has 0 aliphatic carbocycles. The third-order valence-electron chi connectivity index (χ3n) is 6.49. The van der Waals surface area contributed by atoms with Gasteiger partial charge in [-0.25, -0.2) is 0 Å². The maximum Gasteiger partial charge on any atom is 0.0192 e. The molecular formula is C26H55N. The largest absolute Gasteiger partial charge is 0.289 e. The normalized spacial score (nSPS) is 18.1. The Hall–Kier alpha value is -0.0400. The number of nitrogens with zero attached hydrogens (tertiary/aromatic N) is 1. The zero-order valence-corrected chi connectivity index (χ0v) is 21.9. The SMILES string of the molecule is CCC(C)(C)C(C(C)C)N(C(C)(C)CC(C)(C)C)C(C)(CC)CC(C)(C)C. The minimum atomic E-state index is 0.148. The van der Waals surface area contributed by atoms with E-state index in [1.165, 1.54) is 25.7 Å². The molecule has 164 valence electrons. The Morgan fingerprint density at radius 3 is 1.30 bits per heavy atom. The molecule has 0 heterocycles. The van der Waals surface area contributed by atoms with Crippen molar-refractivity contribution < 1.29 is 0 Å². The van der Waals surface area contributed by atoms with Gasteiger partial charge in [-0.05, 0) is 68.6 Å². The molecule has 0 fully saturated rings. The summed E-state index contributed by atoms with van der Waals surface area (Å²) in [6.07, 6.45) is 4.85. The molecule has 2 atom stereocenters. The second-order valence-corrected chi connectivity index (χ2v) is 13.5. The molecule has 0 bridgehead atoms. The van der Waals surface area contributed by atoms with Gasteiger partial charge in [0, 0.05) is 17.1 Å². The summed E-state index contributed by atoms with van der Waals surface area (Å²) in [4.78, 5) is 2.99. The first-order chi connectivity index (χ1) is 11.7. The Labute approximate surface area is 174 Å². The monoisotopic (exact) mass is 381 g/mol. The summed E-state index contributed by atoms with van der Waals surface area (Å²) in [7, 11) is 0. The van der Waals surface area contributed by atoms with Gasteiger partial charge in [-0.15, -0.1) is 0 Å². The summed E-state index contributed by atoms with van der Waals surface area (Å²) in [6, 6.07) is 0.562. The molecule has 0 N–H and O–H groups in total. The average Bonchev–Trinajstić information content (AvgIpc) is 2.38. The molecule has 0 aliphatic rings. The van der Waals surface area contributed by atoms with Gasteiger partial charge in [-0.3, -0.25) is 4.90 Å². The fraction of sp³-hybridized carbons (Fsp3) is 1.00. The Balaban J connectivity index is 6.62. The molecule has 0 saturated heterocycles. The van der Waals surface area contributed by atoms with E-state index in [0.29, 0.717) is 22.8 Å². The molecule has 0 rings (SSSR count). The van der Waals surface area contributed by atoms with E-state index in [1.54, 1.807) is 0 Å². The molecule has 0 amide bonds. The quantitative estimate of drug-likeness (QED) is 0.386. The van der Waals surface area contributed by atoms with E-state index < -0.39 is 0 Å². The maximum absolute atomic E-state index is 2.99. The van der Waals surface area contributed by atoms with Crippen molar-refractivity contribution in [3.63, 3.8) is 0 Å². The van der Waals surface area contributed by atoms with Crippen molar-refractivity contribution in [2.75, 3.05) is 0 Å². The molecule has 0 aromatic carbocycles. The van der Waals surface area contributed by atoms with Gasteiger partial charge in [-0.1, -0.05) is 83.1 Å². The zero-order chi connectivity index (χ0) is 22.1. The van der Waals surface area contributed by atoms with Crippen molar-refractivity contribution >= 4 is 0 Å². The minimum Gasteiger partial charge on any atom is -0.289 e. The second kappa shape index (κ2) is 8.76. The Morgan fingerprint density at radius 2 is 1.04 bits per heavy atom. The Kier molecular flexibility index (Phi) is 8.75. The highest BCUT2D eigenvalue weighted by atomic mass is 15.3. The molecule has 1 heteroatoms. The summed E-state index contributed by atoms with van der Waals surface area (Å²) >= 11 is 0. The topological polar surface area (TPSA) is 3.24 Å². The van der Waals surface area contributed by atoms with Crippen LogP contribution in [0.3, 0.4) is 0 Å². The number of rotatable bonds is 9. The summed E-state index contributed by atoms with van der Waals surface area (Å²) in [5.41, 5.74) is 1.26. The van der Waals surface area contributed by atoms with Crippen molar-refractivity contribution in [2.24, 2.45) is 22.2 Å². The molecule has 0 aromatic heterocycles. The van der Waals surface area contributed by atoms with Crippen LogP contribution in [0, 0.1) is 22.2 Å².